The molecule has 1 amide bonds. The van der Waals surface area contributed by atoms with E-state index >= 15 is 0 Å². The molecular formula is C9H18N2O. The largest absolute Gasteiger partial charge is 0.359 e. The summed E-state index contributed by atoms with van der Waals surface area (Å²) in [6, 6.07) is 0.676. The first-order chi connectivity index (χ1) is 5.83. The first kappa shape index (κ1) is 9.52. The molecule has 0 spiro atoms. The molecule has 1 rings (SSSR count). The summed E-state index contributed by atoms with van der Waals surface area (Å²) >= 11 is 0. The van der Waals surface area contributed by atoms with Crippen LogP contribution >= 0.6 is 0 Å². The molecule has 1 aliphatic rings. The van der Waals surface area contributed by atoms with Gasteiger partial charge in [0.15, 0.2) is 0 Å². The van der Waals surface area contributed by atoms with E-state index in [-0.39, 0.29) is 5.91 Å². The highest BCUT2D eigenvalue weighted by molar-refractivity contribution is 5.75. The van der Waals surface area contributed by atoms with E-state index in [9.17, 15) is 4.79 Å². The second kappa shape index (κ2) is 5.14. The molecule has 70 valence electrons. The van der Waals surface area contributed by atoms with Crippen LogP contribution in [0.2, 0.25) is 0 Å². The van der Waals surface area contributed by atoms with Gasteiger partial charge in [0, 0.05) is 26.1 Å². The van der Waals surface area contributed by atoms with E-state index < -0.39 is 0 Å². The van der Waals surface area contributed by atoms with Crippen LogP contribution in [0, 0.1) is 0 Å². The zero-order valence-corrected chi connectivity index (χ0v) is 7.73. The Morgan fingerprint density at radius 2 is 2.08 bits per heavy atom. The van der Waals surface area contributed by atoms with Gasteiger partial charge >= 0.3 is 0 Å². The maximum Gasteiger partial charge on any atom is 0.221 e. The molecule has 1 saturated carbocycles. The number of carbonyl (C=O) groups is 1. The van der Waals surface area contributed by atoms with Crippen molar-refractivity contribution in [3.8, 4) is 0 Å². The molecule has 0 aromatic carbocycles. The highest BCUT2D eigenvalue weighted by atomic mass is 16.1. The molecule has 3 nitrogen and oxygen atoms in total. The highest BCUT2D eigenvalue weighted by Crippen LogP contribution is 2.17. The van der Waals surface area contributed by atoms with Crippen molar-refractivity contribution >= 4 is 5.91 Å². The van der Waals surface area contributed by atoms with Gasteiger partial charge < -0.3 is 10.6 Å². The Bertz CT molecular complexity index is 141. The molecule has 0 unspecified atom stereocenters. The fourth-order valence-corrected chi connectivity index (χ4v) is 1.64. The molecule has 0 radical (unpaired) electrons. The van der Waals surface area contributed by atoms with Gasteiger partial charge in [-0.15, -0.1) is 0 Å². The summed E-state index contributed by atoms with van der Waals surface area (Å²) in [5, 5.41) is 6.00. The summed E-state index contributed by atoms with van der Waals surface area (Å²) in [7, 11) is 1.68. The van der Waals surface area contributed by atoms with Crippen LogP contribution in [0.5, 0.6) is 0 Å². The van der Waals surface area contributed by atoms with Gasteiger partial charge in [-0.25, -0.2) is 0 Å². The Balaban J connectivity index is 1.97. The predicted molar refractivity (Wildman–Crippen MR) is 48.9 cm³/mol. The summed E-state index contributed by atoms with van der Waals surface area (Å²) < 4.78 is 0. The molecule has 0 aromatic rings. The molecule has 0 bridgehead atoms. The van der Waals surface area contributed by atoms with Crippen LogP contribution in [0.15, 0.2) is 0 Å². The van der Waals surface area contributed by atoms with E-state index in [1.807, 2.05) is 0 Å². The van der Waals surface area contributed by atoms with E-state index in [2.05, 4.69) is 10.6 Å². The second-order valence-electron chi connectivity index (χ2n) is 3.36. The minimum absolute atomic E-state index is 0.125. The fourth-order valence-electron chi connectivity index (χ4n) is 1.64. The Kier molecular flexibility index (Phi) is 4.08. The predicted octanol–water partition coefficient (Wildman–Crippen LogP) is 0.655. The Morgan fingerprint density at radius 3 is 2.67 bits per heavy atom. The minimum atomic E-state index is 0.125. The topological polar surface area (TPSA) is 41.1 Å². The first-order valence-electron chi connectivity index (χ1n) is 4.77. The Labute approximate surface area is 73.9 Å². The number of rotatable bonds is 4. The Morgan fingerprint density at radius 1 is 1.42 bits per heavy atom. The van der Waals surface area contributed by atoms with Crippen LogP contribution in [0.3, 0.4) is 0 Å². The van der Waals surface area contributed by atoms with Crippen LogP contribution in [0.25, 0.3) is 0 Å². The van der Waals surface area contributed by atoms with Gasteiger partial charge in [-0.3, -0.25) is 4.79 Å². The smallest absolute Gasteiger partial charge is 0.221 e. The third-order valence-electron chi connectivity index (χ3n) is 2.42. The van der Waals surface area contributed by atoms with Crippen molar-refractivity contribution in [2.24, 2.45) is 0 Å². The van der Waals surface area contributed by atoms with Crippen molar-refractivity contribution in [3.05, 3.63) is 0 Å². The highest BCUT2D eigenvalue weighted by Gasteiger charge is 2.13. The molecule has 0 heterocycles. The van der Waals surface area contributed by atoms with Gasteiger partial charge in [0.05, 0.1) is 0 Å². The number of amides is 1. The van der Waals surface area contributed by atoms with Gasteiger partial charge in [0.2, 0.25) is 5.91 Å². The van der Waals surface area contributed by atoms with Gasteiger partial charge in [0.1, 0.15) is 0 Å². The zero-order valence-electron chi connectivity index (χ0n) is 7.73. The maximum atomic E-state index is 10.8. The van der Waals surface area contributed by atoms with Gasteiger partial charge in [-0.2, -0.15) is 0 Å². The average molecular weight is 170 g/mol. The van der Waals surface area contributed by atoms with E-state index in [1.54, 1.807) is 7.05 Å². The van der Waals surface area contributed by atoms with Crippen molar-refractivity contribution in [3.63, 3.8) is 0 Å². The minimum Gasteiger partial charge on any atom is -0.359 e. The summed E-state index contributed by atoms with van der Waals surface area (Å²) in [6.07, 6.45) is 5.86. The van der Waals surface area contributed by atoms with Crippen LogP contribution in [-0.2, 0) is 4.79 Å². The summed E-state index contributed by atoms with van der Waals surface area (Å²) in [5.41, 5.74) is 0. The van der Waals surface area contributed by atoms with E-state index in [4.69, 9.17) is 0 Å². The normalized spacial score (nSPS) is 18.1. The average Bonchev–Trinajstić information content (AvgIpc) is 2.57. The monoisotopic (exact) mass is 170 g/mol. The van der Waals surface area contributed by atoms with Crippen LogP contribution in [0.1, 0.15) is 32.1 Å². The van der Waals surface area contributed by atoms with Gasteiger partial charge in [0.25, 0.3) is 0 Å². The van der Waals surface area contributed by atoms with Crippen molar-refractivity contribution in [2.45, 2.75) is 38.1 Å². The first-order valence-corrected chi connectivity index (χ1v) is 4.77. The molecular weight excluding hydrogens is 152 g/mol. The van der Waals surface area contributed by atoms with Crippen LogP contribution in [-0.4, -0.2) is 25.5 Å². The zero-order chi connectivity index (χ0) is 8.81. The maximum absolute atomic E-state index is 10.8. The number of nitrogens with one attached hydrogen (secondary N) is 2. The van der Waals surface area contributed by atoms with Crippen molar-refractivity contribution in [1.29, 1.82) is 0 Å². The lowest BCUT2D eigenvalue weighted by Crippen LogP contribution is -2.30. The fraction of sp³-hybridized carbons (Fsp3) is 0.889. The third-order valence-corrected chi connectivity index (χ3v) is 2.42. The van der Waals surface area contributed by atoms with Crippen LogP contribution in [0.4, 0.5) is 0 Å². The lowest BCUT2D eigenvalue weighted by atomic mass is 10.2. The van der Waals surface area contributed by atoms with Crippen molar-refractivity contribution in [2.75, 3.05) is 13.6 Å². The number of carbonyl (C=O) groups excluding carboxylic acids is 1. The lowest BCUT2D eigenvalue weighted by molar-refractivity contribution is -0.120. The molecule has 1 aliphatic carbocycles. The molecule has 12 heavy (non-hydrogen) atoms. The molecule has 0 aromatic heterocycles. The Hall–Kier alpha value is -0.570. The standard InChI is InChI=1S/C9H18N2O/c1-10-9(12)6-7-11-8-4-2-3-5-8/h8,11H,2-7H2,1H3,(H,10,12). The van der Waals surface area contributed by atoms with E-state index in [0.29, 0.717) is 12.5 Å². The van der Waals surface area contributed by atoms with E-state index in [1.165, 1.54) is 25.7 Å². The lowest BCUT2D eigenvalue weighted by Gasteiger charge is -2.10. The van der Waals surface area contributed by atoms with E-state index in [0.717, 1.165) is 6.54 Å². The van der Waals surface area contributed by atoms with Gasteiger partial charge in [-0.1, -0.05) is 12.8 Å². The SMILES string of the molecule is CNC(=O)CCNC1CCCC1. The second-order valence-corrected chi connectivity index (χ2v) is 3.36. The quantitative estimate of drug-likeness (QED) is 0.650. The van der Waals surface area contributed by atoms with Crippen molar-refractivity contribution < 1.29 is 4.79 Å². The third kappa shape index (κ3) is 3.22. The molecule has 3 heteroatoms. The molecule has 0 saturated heterocycles. The summed E-state index contributed by atoms with van der Waals surface area (Å²) in [6.45, 7) is 0.824. The van der Waals surface area contributed by atoms with Crippen molar-refractivity contribution in [1.82, 2.24) is 10.6 Å². The molecule has 1 fully saturated rings. The molecule has 2 N–H and O–H groups in total. The molecule has 0 aliphatic heterocycles. The summed E-state index contributed by atoms with van der Waals surface area (Å²) in [5.74, 6) is 0.125. The number of hydrogen-bond acceptors (Lipinski definition) is 2. The molecule has 0 atom stereocenters. The summed E-state index contributed by atoms with van der Waals surface area (Å²) in [4.78, 5) is 10.8. The van der Waals surface area contributed by atoms with Crippen LogP contribution < -0.4 is 10.6 Å². The number of hydrogen-bond donors (Lipinski definition) is 2. The van der Waals surface area contributed by atoms with Gasteiger partial charge in [-0.05, 0) is 12.8 Å².